The number of fused-ring (bicyclic) bond motifs is 1. The molecule has 5 heteroatoms. The molecule has 0 bridgehead atoms. The highest BCUT2D eigenvalue weighted by atomic mass is 32.2. The van der Waals surface area contributed by atoms with E-state index in [2.05, 4.69) is 0 Å². The second-order valence-electron chi connectivity index (χ2n) is 4.62. The third-order valence-electron chi connectivity index (χ3n) is 3.68. The molecule has 2 aliphatic rings. The summed E-state index contributed by atoms with van der Waals surface area (Å²) in [4.78, 5) is 0. The van der Waals surface area contributed by atoms with Crippen molar-refractivity contribution in [2.45, 2.75) is 38.1 Å². The van der Waals surface area contributed by atoms with Crippen LogP contribution in [0, 0.1) is 5.92 Å². The maximum Gasteiger partial charge on any atom is 0.215 e. The normalized spacial score (nSPS) is 32.9. The zero-order chi connectivity index (χ0) is 10.9. The van der Waals surface area contributed by atoms with Gasteiger partial charge in [-0.2, -0.15) is 4.31 Å². The second kappa shape index (κ2) is 4.39. The molecule has 2 unspecified atom stereocenters. The Balaban J connectivity index is 2.14. The van der Waals surface area contributed by atoms with Gasteiger partial charge >= 0.3 is 0 Å². The molecule has 2 atom stereocenters. The first kappa shape index (κ1) is 11.4. The van der Waals surface area contributed by atoms with Crippen molar-refractivity contribution in [3.63, 3.8) is 0 Å². The molecular weight excluding hydrogens is 212 g/mol. The minimum absolute atomic E-state index is 0.107. The average molecular weight is 232 g/mol. The number of hydrogen-bond acceptors (Lipinski definition) is 3. The first-order valence-electron chi connectivity index (χ1n) is 5.85. The summed E-state index contributed by atoms with van der Waals surface area (Å²) < 4.78 is 25.7. The third kappa shape index (κ3) is 2.19. The van der Waals surface area contributed by atoms with Crippen LogP contribution in [-0.4, -0.2) is 37.6 Å². The molecule has 0 amide bonds. The van der Waals surface area contributed by atoms with Crippen LogP contribution in [0.5, 0.6) is 0 Å². The lowest BCUT2D eigenvalue weighted by Gasteiger charge is -2.36. The molecule has 0 radical (unpaired) electrons. The number of rotatable bonds is 3. The number of nitrogens with zero attached hydrogens (tertiary/aromatic N) is 1. The summed E-state index contributed by atoms with van der Waals surface area (Å²) >= 11 is 0. The minimum Gasteiger partial charge on any atom is -0.329 e. The van der Waals surface area contributed by atoms with Gasteiger partial charge in [-0.05, 0) is 31.6 Å². The molecular formula is C10H20N2O2S. The zero-order valence-corrected chi connectivity index (χ0v) is 9.88. The molecule has 4 nitrogen and oxygen atoms in total. The van der Waals surface area contributed by atoms with Crippen molar-refractivity contribution in [2.75, 3.05) is 18.8 Å². The molecule has 15 heavy (non-hydrogen) atoms. The van der Waals surface area contributed by atoms with Crippen LogP contribution in [0.4, 0.5) is 0 Å². The van der Waals surface area contributed by atoms with Crippen molar-refractivity contribution < 1.29 is 8.42 Å². The van der Waals surface area contributed by atoms with E-state index in [1.54, 1.807) is 4.31 Å². The summed E-state index contributed by atoms with van der Waals surface area (Å²) in [6.45, 7) is 0.944. The molecule has 1 heterocycles. The minimum atomic E-state index is -3.08. The first-order chi connectivity index (χ1) is 7.15. The molecule has 0 aromatic heterocycles. The fraction of sp³-hybridized carbons (Fsp3) is 1.00. The number of piperidine rings is 1. The summed E-state index contributed by atoms with van der Waals surface area (Å²) in [5, 5.41) is 0. The summed E-state index contributed by atoms with van der Waals surface area (Å²) in [6.07, 6.45) is 5.67. The molecule has 1 aliphatic carbocycles. The van der Waals surface area contributed by atoms with E-state index in [0.717, 1.165) is 12.8 Å². The van der Waals surface area contributed by atoms with E-state index in [0.29, 0.717) is 12.5 Å². The van der Waals surface area contributed by atoms with Crippen LogP contribution in [0.1, 0.15) is 32.1 Å². The van der Waals surface area contributed by atoms with Gasteiger partial charge in [0.15, 0.2) is 0 Å². The summed E-state index contributed by atoms with van der Waals surface area (Å²) in [7, 11) is -3.08. The molecule has 1 saturated heterocycles. The van der Waals surface area contributed by atoms with E-state index in [1.807, 2.05) is 0 Å². The van der Waals surface area contributed by atoms with E-state index in [1.165, 1.54) is 19.3 Å². The SMILES string of the molecule is NCCS(=O)(=O)N1CCCC2CCCC21. The summed E-state index contributed by atoms with van der Waals surface area (Å²) in [5.41, 5.74) is 5.35. The van der Waals surface area contributed by atoms with Gasteiger partial charge in [0.1, 0.15) is 0 Å². The van der Waals surface area contributed by atoms with Gasteiger partial charge in [0.25, 0.3) is 0 Å². The van der Waals surface area contributed by atoms with Gasteiger partial charge in [-0.1, -0.05) is 6.42 Å². The maximum atomic E-state index is 12.0. The molecule has 0 aromatic rings. The Bertz CT molecular complexity index is 315. The van der Waals surface area contributed by atoms with Crippen LogP contribution >= 0.6 is 0 Å². The number of sulfonamides is 1. The quantitative estimate of drug-likeness (QED) is 0.772. The van der Waals surface area contributed by atoms with E-state index in [9.17, 15) is 8.42 Å². The molecule has 0 aromatic carbocycles. The number of hydrogen-bond donors (Lipinski definition) is 1. The largest absolute Gasteiger partial charge is 0.329 e. The Kier molecular flexibility index (Phi) is 3.33. The van der Waals surface area contributed by atoms with Gasteiger partial charge in [-0.25, -0.2) is 8.42 Å². The molecule has 2 rings (SSSR count). The second-order valence-corrected chi connectivity index (χ2v) is 6.66. The molecule has 88 valence electrons. The van der Waals surface area contributed by atoms with E-state index in [-0.39, 0.29) is 18.3 Å². The summed E-state index contributed by atoms with van der Waals surface area (Å²) in [6, 6.07) is 0.287. The van der Waals surface area contributed by atoms with Crippen LogP contribution in [0.2, 0.25) is 0 Å². The molecule has 2 N–H and O–H groups in total. The van der Waals surface area contributed by atoms with Gasteiger partial charge in [0.05, 0.1) is 5.75 Å². The fourth-order valence-electron chi connectivity index (χ4n) is 3.02. The molecule has 1 saturated carbocycles. The van der Waals surface area contributed by atoms with Crippen LogP contribution < -0.4 is 5.73 Å². The number of nitrogens with two attached hydrogens (primary N) is 1. The lowest BCUT2D eigenvalue weighted by molar-refractivity contribution is 0.202. The van der Waals surface area contributed by atoms with Gasteiger partial charge < -0.3 is 5.73 Å². The molecule has 1 aliphatic heterocycles. The third-order valence-corrected chi connectivity index (χ3v) is 5.59. The van der Waals surface area contributed by atoms with Crippen LogP contribution in [-0.2, 0) is 10.0 Å². The monoisotopic (exact) mass is 232 g/mol. The summed E-state index contributed by atoms with van der Waals surface area (Å²) in [5.74, 6) is 0.724. The van der Waals surface area contributed by atoms with Crippen molar-refractivity contribution in [1.82, 2.24) is 4.31 Å². The Hall–Kier alpha value is -0.130. The van der Waals surface area contributed by atoms with Crippen molar-refractivity contribution in [2.24, 2.45) is 11.7 Å². The van der Waals surface area contributed by atoms with E-state index >= 15 is 0 Å². The lowest BCUT2D eigenvalue weighted by atomic mass is 9.94. The Morgan fingerprint density at radius 3 is 2.67 bits per heavy atom. The van der Waals surface area contributed by atoms with E-state index in [4.69, 9.17) is 5.73 Å². The molecule has 0 spiro atoms. The van der Waals surface area contributed by atoms with E-state index < -0.39 is 10.0 Å². The highest BCUT2D eigenvalue weighted by Crippen LogP contribution is 2.37. The van der Waals surface area contributed by atoms with Crippen molar-refractivity contribution in [3.8, 4) is 0 Å². The standard InChI is InChI=1S/C10H20N2O2S/c11-6-8-15(13,14)12-7-2-4-9-3-1-5-10(9)12/h9-10H,1-8,11H2. The fourth-order valence-corrected chi connectivity index (χ4v) is 4.65. The van der Waals surface area contributed by atoms with Crippen molar-refractivity contribution in [3.05, 3.63) is 0 Å². The van der Waals surface area contributed by atoms with Crippen LogP contribution in [0.3, 0.4) is 0 Å². The highest BCUT2D eigenvalue weighted by molar-refractivity contribution is 7.89. The van der Waals surface area contributed by atoms with Gasteiger partial charge in [-0.15, -0.1) is 0 Å². The van der Waals surface area contributed by atoms with Gasteiger partial charge in [0.2, 0.25) is 10.0 Å². The zero-order valence-electron chi connectivity index (χ0n) is 9.06. The van der Waals surface area contributed by atoms with Crippen LogP contribution in [0.15, 0.2) is 0 Å². The van der Waals surface area contributed by atoms with Gasteiger partial charge in [-0.3, -0.25) is 0 Å². The molecule has 2 fully saturated rings. The predicted octanol–water partition coefficient (Wildman–Crippen LogP) is 0.539. The Morgan fingerprint density at radius 2 is 1.93 bits per heavy atom. The Labute approximate surface area is 91.9 Å². The van der Waals surface area contributed by atoms with Gasteiger partial charge in [0, 0.05) is 19.1 Å². The Morgan fingerprint density at radius 1 is 1.20 bits per heavy atom. The topological polar surface area (TPSA) is 63.4 Å². The average Bonchev–Trinajstić information content (AvgIpc) is 2.64. The predicted molar refractivity (Wildman–Crippen MR) is 59.9 cm³/mol. The highest BCUT2D eigenvalue weighted by Gasteiger charge is 2.40. The first-order valence-corrected chi connectivity index (χ1v) is 7.45. The van der Waals surface area contributed by atoms with Crippen molar-refractivity contribution in [1.29, 1.82) is 0 Å². The lowest BCUT2D eigenvalue weighted by Crippen LogP contribution is -2.47. The maximum absolute atomic E-state index is 12.0. The van der Waals surface area contributed by atoms with Crippen molar-refractivity contribution >= 4 is 10.0 Å². The van der Waals surface area contributed by atoms with Crippen LogP contribution in [0.25, 0.3) is 0 Å². The smallest absolute Gasteiger partial charge is 0.215 e.